The van der Waals surface area contributed by atoms with Crippen LogP contribution in [0.5, 0.6) is 5.75 Å². The second kappa shape index (κ2) is 7.62. The summed E-state index contributed by atoms with van der Waals surface area (Å²) < 4.78 is 6.06. The van der Waals surface area contributed by atoms with Gasteiger partial charge < -0.3 is 9.84 Å². The molecular weight excluding hydrogens is 328 g/mol. The molecule has 0 aliphatic heterocycles. The number of aliphatic hydroxyl groups is 1. The quantitative estimate of drug-likeness (QED) is 0.805. The van der Waals surface area contributed by atoms with E-state index < -0.39 is 6.10 Å². The van der Waals surface area contributed by atoms with Crippen LogP contribution in [0.2, 0.25) is 0 Å². The summed E-state index contributed by atoms with van der Waals surface area (Å²) in [5.74, 6) is 0.765. The van der Waals surface area contributed by atoms with Gasteiger partial charge in [0.1, 0.15) is 11.9 Å². The van der Waals surface area contributed by atoms with Gasteiger partial charge in [-0.05, 0) is 57.6 Å². The van der Waals surface area contributed by atoms with E-state index in [-0.39, 0.29) is 0 Å². The van der Waals surface area contributed by atoms with Gasteiger partial charge in [0.25, 0.3) is 0 Å². The molecule has 1 atom stereocenters. The van der Waals surface area contributed by atoms with E-state index in [2.05, 4.69) is 35.0 Å². The van der Waals surface area contributed by atoms with Gasteiger partial charge in [0.15, 0.2) is 0 Å². The van der Waals surface area contributed by atoms with E-state index in [0.717, 1.165) is 27.8 Å². The van der Waals surface area contributed by atoms with Crippen LogP contribution in [-0.4, -0.2) is 12.2 Å². The number of rotatable bonds is 6. The van der Waals surface area contributed by atoms with E-state index in [0.29, 0.717) is 0 Å². The Morgan fingerprint density at radius 1 is 1.10 bits per heavy atom. The van der Waals surface area contributed by atoms with Crippen molar-refractivity contribution in [1.29, 1.82) is 0 Å². The van der Waals surface area contributed by atoms with Crippen molar-refractivity contribution >= 4 is 15.9 Å². The van der Waals surface area contributed by atoms with Gasteiger partial charge >= 0.3 is 0 Å². The molecule has 2 nitrogen and oxygen atoms in total. The summed E-state index contributed by atoms with van der Waals surface area (Å²) in [6.07, 6.45) is 2.88. The molecule has 3 heteroatoms. The summed E-state index contributed by atoms with van der Waals surface area (Å²) in [5, 5.41) is 10.5. The van der Waals surface area contributed by atoms with Gasteiger partial charge in [-0.1, -0.05) is 43.7 Å². The van der Waals surface area contributed by atoms with Crippen LogP contribution >= 0.6 is 15.9 Å². The lowest BCUT2D eigenvalue weighted by atomic mass is 9.99. The summed E-state index contributed by atoms with van der Waals surface area (Å²) in [6, 6.07) is 13.9. The molecular formula is C18H21BrO2. The number of aryl methyl sites for hydroxylation is 1. The lowest BCUT2D eigenvalue weighted by Crippen LogP contribution is -2.00. The maximum Gasteiger partial charge on any atom is 0.133 e. The molecule has 0 radical (unpaired) electrons. The van der Waals surface area contributed by atoms with E-state index in [4.69, 9.17) is 4.74 Å². The highest BCUT2D eigenvalue weighted by atomic mass is 79.9. The average molecular weight is 349 g/mol. The van der Waals surface area contributed by atoms with Gasteiger partial charge in [0.05, 0.1) is 11.6 Å². The number of methoxy groups -OCH3 is 1. The first-order valence-corrected chi connectivity index (χ1v) is 8.05. The number of unbranched alkanes of at least 4 members (excludes halogenated alkanes) is 1. The normalized spacial score (nSPS) is 12.2. The van der Waals surface area contributed by atoms with Crippen molar-refractivity contribution in [2.45, 2.75) is 32.3 Å². The molecule has 0 saturated carbocycles. The fraction of sp³-hybridized carbons (Fsp3) is 0.333. The standard InChI is InChI=1S/C18H21BrO2/c1-3-4-5-13-6-8-14(9-7-13)18(20)15-10-11-17(21-2)16(19)12-15/h6-12,18,20H,3-5H2,1-2H3. The molecule has 2 aromatic rings. The van der Waals surface area contributed by atoms with Crippen molar-refractivity contribution in [3.8, 4) is 5.75 Å². The second-order valence-electron chi connectivity index (χ2n) is 5.14. The highest BCUT2D eigenvalue weighted by Crippen LogP contribution is 2.30. The summed E-state index contributed by atoms with van der Waals surface area (Å²) in [5.41, 5.74) is 3.08. The van der Waals surface area contributed by atoms with Gasteiger partial charge in [-0.3, -0.25) is 0 Å². The first-order valence-electron chi connectivity index (χ1n) is 7.26. The zero-order chi connectivity index (χ0) is 15.2. The molecule has 1 unspecified atom stereocenters. The monoisotopic (exact) mass is 348 g/mol. The summed E-state index contributed by atoms with van der Waals surface area (Å²) >= 11 is 3.45. The highest BCUT2D eigenvalue weighted by Gasteiger charge is 2.12. The average Bonchev–Trinajstić information content (AvgIpc) is 2.52. The Kier molecular flexibility index (Phi) is 5.83. The Bertz CT molecular complexity index is 578. The van der Waals surface area contributed by atoms with Crippen molar-refractivity contribution in [2.24, 2.45) is 0 Å². The van der Waals surface area contributed by atoms with E-state index in [9.17, 15) is 5.11 Å². The Labute approximate surface area is 134 Å². The SMILES string of the molecule is CCCCc1ccc(C(O)c2ccc(OC)c(Br)c2)cc1. The van der Waals surface area contributed by atoms with Crippen molar-refractivity contribution in [3.05, 3.63) is 63.6 Å². The van der Waals surface area contributed by atoms with E-state index >= 15 is 0 Å². The fourth-order valence-corrected chi connectivity index (χ4v) is 2.85. The van der Waals surface area contributed by atoms with Crippen molar-refractivity contribution < 1.29 is 9.84 Å². The third kappa shape index (κ3) is 4.08. The number of benzene rings is 2. The van der Waals surface area contributed by atoms with Gasteiger partial charge in [-0.25, -0.2) is 0 Å². The van der Waals surface area contributed by atoms with E-state index in [1.54, 1.807) is 7.11 Å². The lowest BCUT2D eigenvalue weighted by molar-refractivity contribution is 0.220. The Hall–Kier alpha value is -1.32. The van der Waals surface area contributed by atoms with Gasteiger partial charge in [0.2, 0.25) is 0 Å². The zero-order valence-corrected chi connectivity index (χ0v) is 14.1. The maximum atomic E-state index is 10.5. The second-order valence-corrected chi connectivity index (χ2v) is 6.00. The number of halogens is 1. The van der Waals surface area contributed by atoms with Crippen LogP contribution in [0.3, 0.4) is 0 Å². The minimum absolute atomic E-state index is 0.618. The fourth-order valence-electron chi connectivity index (χ4n) is 2.29. The lowest BCUT2D eigenvalue weighted by Gasteiger charge is -2.14. The molecule has 1 N–H and O–H groups in total. The van der Waals surface area contributed by atoms with Gasteiger partial charge in [-0.15, -0.1) is 0 Å². The molecule has 0 fully saturated rings. The van der Waals surface area contributed by atoms with Crippen LogP contribution in [0.1, 0.15) is 42.6 Å². The topological polar surface area (TPSA) is 29.5 Å². The first-order chi connectivity index (χ1) is 10.2. The van der Waals surface area contributed by atoms with Crippen LogP contribution in [-0.2, 0) is 6.42 Å². The predicted molar refractivity (Wildman–Crippen MR) is 89.8 cm³/mol. The third-order valence-corrected chi connectivity index (χ3v) is 4.23. The summed E-state index contributed by atoms with van der Waals surface area (Å²) in [4.78, 5) is 0. The maximum absolute atomic E-state index is 10.5. The number of hydrogen-bond acceptors (Lipinski definition) is 2. The Balaban J connectivity index is 2.15. The largest absolute Gasteiger partial charge is 0.496 e. The first kappa shape index (κ1) is 16.1. The minimum Gasteiger partial charge on any atom is -0.496 e. The molecule has 0 aliphatic rings. The summed E-state index contributed by atoms with van der Waals surface area (Å²) in [6.45, 7) is 2.19. The van der Waals surface area contributed by atoms with Crippen LogP contribution < -0.4 is 4.74 Å². The number of aliphatic hydroxyl groups excluding tert-OH is 1. The number of ether oxygens (including phenoxy) is 1. The zero-order valence-electron chi connectivity index (χ0n) is 12.5. The van der Waals surface area contributed by atoms with Crippen LogP contribution in [0.25, 0.3) is 0 Å². The van der Waals surface area contributed by atoms with Crippen molar-refractivity contribution in [1.82, 2.24) is 0 Å². The van der Waals surface area contributed by atoms with Crippen LogP contribution in [0, 0.1) is 0 Å². The van der Waals surface area contributed by atoms with Crippen LogP contribution in [0.15, 0.2) is 46.9 Å². The molecule has 0 aromatic heterocycles. The van der Waals surface area contributed by atoms with Crippen LogP contribution in [0.4, 0.5) is 0 Å². The molecule has 21 heavy (non-hydrogen) atoms. The molecule has 0 saturated heterocycles. The van der Waals surface area contributed by atoms with E-state index in [1.165, 1.54) is 18.4 Å². The smallest absolute Gasteiger partial charge is 0.133 e. The molecule has 0 amide bonds. The molecule has 2 aromatic carbocycles. The molecule has 2 rings (SSSR count). The van der Waals surface area contributed by atoms with E-state index in [1.807, 2.05) is 30.3 Å². The van der Waals surface area contributed by atoms with Gasteiger partial charge in [0, 0.05) is 0 Å². The molecule has 112 valence electrons. The molecule has 0 bridgehead atoms. The summed E-state index contributed by atoms with van der Waals surface area (Å²) in [7, 11) is 1.63. The minimum atomic E-state index is -0.618. The predicted octanol–water partition coefficient (Wildman–Crippen LogP) is 4.88. The third-order valence-electron chi connectivity index (χ3n) is 3.61. The van der Waals surface area contributed by atoms with Gasteiger partial charge in [-0.2, -0.15) is 0 Å². The van der Waals surface area contributed by atoms with Crippen molar-refractivity contribution in [3.63, 3.8) is 0 Å². The molecule has 0 aliphatic carbocycles. The Morgan fingerprint density at radius 2 is 1.76 bits per heavy atom. The highest BCUT2D eigenvalue weighted by molar-refractivity contribution is 9.10. The van der Waals surface area contributed by atoms with Crippen molar-refractivity contribution in [2.75, 3.05) is 7.11 Å². The Morgan fingerprint density at radius 3 is 2.33 bits per heavy atom. The number of hydrogen-bond donors (Lipinski definition) is 1. The molecule has 0 heterocycles. The molecule has 0 spiro atoms.